The molecule has 1 unspecified atom stereocenters. The number of hydrogen-bond donors (Lipinski definition) is 2. The van der Waals surface area contributed by atoms with E-state index in [1.54, 1.807) is 6.92 Å². The van der Waals surface area contributed by atoms with Crippen molar-refractivity contribution in [2.24, 2.45) is 28.6 Å². The predicted octanol–water partition coefficient (Wildman–Crippen LogP) is 4.02. The summed E-state index contributed by atoms with van der Waals surface area (Å²) in [7, 11) is 0. The van der Waals surface area contributed by atoms with E-state index in [9.17, 15) is 19.5 Å². The van der Waals surface area contributed by atoms with Crippen molar-refractivity contribution in [2.45, 2.75) is 83.0 Å². The van der Waals surface area contributed by atoms with Gasteiger partial charge in [-0.1, -0.05) is 19.4 Å². The van der Waals surface area contributed by atoms with E-state index in [1.807, 2.05) is 6.08 Å². The summed E-state index contributed by atoms with van der Waals surface area (Å²) >= 11 is 1.10. The molecule has 0 saturated heterocycles. The Balaban J connectivity index is 1.55. The minimum Gasteiger partial charge on any atom is -0.480 e. The van der Waals surface area contributed by atoms with E-state index in [1.165, 1.54) is 5.57 Å². The number of Topliss-reactive ketones (excluding diaryl/α,β-unsaturated/α-hetero) is 1. The van der Waals surface area contributed by atoms with Crippen LogP contribution in [0.4, 0.5) is 0 Å². The number of fused-ring (bicyclic) bond motifs is 5. The molecule has 4 aliphatic carbocycles. The highest BCUT2D eigenvalue weighted by Crippen LogP contribution is 2.67. The van der Waals surface area contributed by atoms with Crippen LogP contribution in [0.25, 0.3) is 0 Å². The van der Waals surface area contributed by atoms with Gasteiger partial charge in [-0.2, -0.15) is 0 Å². The molecule has 6 heteroatoms. The quantitative estimate of drug-likeness (QED) is 0.679. The molecule has 0 heterocycles. The lowest BCUT2D eigenvalue weighted by Crippen LogP contribution is -2.58. The first kappa shape index (κ1) is 22.1. The average Bonchev–Trinajstić information content (AvgIpc) is 2.98. The number of aliphatic carboxylic acids is 1. The van der Waals surface area contributed by atoms with Crippen LogP contribution in [-0.2, 0) is 14.4 Å². The summed E-state index contributed by atoms with van der Waals surface area (Å²) in [5.41, 5.74) is -0.393. The Morgan fingerprint density at radius 1 is 1.13 bits per heavy atom. The first-order valence-electron chi connectivity index (χ1n) is 11.4. The number of allylic oxidation sites excluding steroid dienone is 1. The van der Waals surface area contributed by atoms with E-state index in [0.717, 1.165) is 50.3 Å². The Hall–Kier alpha value is -1.14. The third-order valence-electron chi connectivity index (χ3n) is 9.39. The molecule has 3 saturated carbocycles. The first-order valence-corrected chi connectivity index (χ1v) is 12.4. The van der Waals surface area contributed by atoms with E-state index in [2.05, 4.69) is 13.8 Å². The van der Waals surface area contributed by atoms with Crippen molar-refractivity contribution in [3.63, 3.8) is 0 Å². The molecule has 0 aromatic rings. The second-order valence-corrected chi connectivity index (χ2v) is 11.9. The minimum absolute atomic E-state index is 0.0487. The number of aliphatic hydroxyl groups is 1. The Labute approximate surface area is 183 Å². The van der Waals surface area contributed by atoms with Crippen LogP contribution < -0.4 is 0 Å². The van der Waals surface area contributed by atoms with Crippen molar-refractivity contribution >= 4 is 29.3 Å². The van der Waals surface area contributed by atoms with Gasteiger partial charge in [0.15, 0.2) is 11.6 Å². The van der Waals surface area contributed by atoms with Crippen molar-refractivity contribution < 1.29 is 24.6 Å². The summed E-state index contributed by atoms with van der Waals surface area (Å²) in [6, 6.07) is 0. The Bertz CT molecular complexity index is 805. The molecule has 30 heavy (non-hydrogen) atoms. The summed E-state index contributed by atoms with van der Waals surface area (Å²) in [4.78, 5) is 36.2. The van der Waals surface area contributed by atoms with E-state index < -0.39 is 22.2 Å². The number of thioether (sulfide) groups is 1. The summed E-state index contributed by atoms with van der Waals surface area (Å²) < 4.78 is 0. The van der Waals surface area contributed by atoms with Gasteiger partial charge in [0, 0.05) is 11.8 Å². The molecule has 4 aliphatic rings. The SMILES string of the molecule is CC(SCC(=O)[C@@]1(O)CC[C@H]2[C@@H]3CCC4=CC(=O)CC[C@]4(C)[C@H]3CC[C@@]21C)C(=O)O. The van der Waals surface area contributed by atoms with Crippen LogP contribution in [0, 0.1) is 28.6 Å². The molecule has 0 aliphatic heterocycles. The van der Waals surface area contributed by atoms with E-state index in [-0.39, 0.29) is 22.7 Å². The topological polar surface area (TPSA) is 91.7 Å². The highest BCUT2D eigenvalue weighted by atomic mass is 32.2. The Kier molecular flexibility index (Phi) is 5.50. The average molecular weight is 435 g/mol. The van der Waals surface area contributed by atoms with Crippen LogP contribution in [0.1, 0.15) is 72.1 Å². The number of hydrogen-bond acceptors (Lipinski definition) is 5. The molecule has 0 spiro atoms. The van der Waals surface area contributed by atoms with Gasteiger partial charge in [-0.05, 0) is 81.1 Å². The van der Waals surface area contributed by atoms with E-state index >= 15 is 0 Å². The van der Waals surface area contributed by atoms with Crippen molar-refractivity contribution in [1.82, 2.24) is 0 Å². The smallest absolute Gasteiger partial charge is 0.316 e. The molecule has 4 rings (SSSR count). The molecule has 166 valence electrons. The third-order valence-corrected chi connectivity index (χ3v) is 10.5. The van der Waals surface area contributed by atoms with Crippen LogP contribution in [-0.4, -0.2) is 44.4 Å². The van der Waals surface area contributed by atoms with Crippen molar-refractivity contribution in [2.75, 3.05) is 5.75 Å². The van der Waals surface area contributed by atoms with Gasteiger partial charge in [0.1, 0.15) is 5.60 Å². The maximum atomic E-state index is 13.1. The zero-order chi connectivity index (χ0) is 21.9. The van der Waals surface area contributed by atoms with Crippen LogP contribution >= 0.6 is 11.8 Å². The maximum absolute atomic E-state index is 13.1. The molecule has 0 aromatic carbocycles. The first-order chi connectivity index (χ1) is 14.0. The second-order valence-electron chi connectivity index (χ2n) is 10.5. The second kappa shape index (κ2) is 7.47. The number of rotatable bonds is 5. The summed E-state index contributed by atoms with van der Waals surface area (Å²) in [5.74, 6) is 0.483. The number of carbonyl (C=O) groups excluding carboxylic acids is 2. The molecule has 0 radical (unpaired) electrons. The van der Waals surface area contributed by atoms with Gasteiger partial charge in [0.05, 0.1) is 11.0 Å². The molecule has 2 N–H and O–H groups in total. The number of carboxylic acid groups (broad SMARTS) is 1. The van der Waals surface area contributed by atoms with Crippen molar-refractivity contribution in [3.8, 4) is 0 Å². The molecule has 0 aromatic heterocycles. The van der Waals surface area contributed by atoms with Crippen LogP contribution in [0.3, 0.4) is 0 Å². The highest BCUT2D eigenvalue weighted by Gasteiger charge is 2.66. The van der Waals surface area contributed by atoms with Gasteiger partial charge in [-0.25, -0.2) is 0 Å². The van der Waals surface area contributed by atoms with Crippen LogP contribution in [0.5, 0.6) is 0 Å². The monoisotopic (exact) mass is 434 g/mol. The van der Waals surface area contributed by atoms with Gasteiger partial charge in [-0.15, -0.1) is 11.8 Å². The molecule has 0 amide bonds. The van der Waals surface area contributed by atoms with Gasteiger partial charge < -0.3 is 10.2 Å². The van der Waals surface area contributed by atoms with Crippen molar-refractivity contribution in [1.29, 1.82) is 0 Å². The number of carboxylic acids is 1. The standard InChI is InChI=1S/C24H34O5S/c1-14(21(27)28)30-13-20(26)24(29)11-8-19-17-5-4-15-12-16(25)6-9-22(15,2)18(17)7-10-23(19,24)3/h12,14,17-19,29H,4-11,13H2,1-3H3,(H,27,28)/t14?,17-,18+,19+,22+,23+,24+/m1/s1. The Morgan fingerprint density at radius 2 is 1.83 bits per heavy atom. The van der Waals surface area contributed by atoms with Crippen LogP contribution in [0.15, 0.2) is 11.6 Å². The zero-order valence-corrected chi connectivity index (χ0v) is 19.1. The predicted molar refractivity (Wildman–Crippen MR) is 116 cm³/mol. The number of carbonyl (C=O) groups is 3. The van der Waals surface area contributed by atoms with Gasteiger partial charge in [-0.3, -0.25) is 14.4 Å². The maximum Gasteiger partial charge on any atom is 0.316 e. The van der Waals surface area contributed by atoms with Gasteiger partial charge >= 0.3 is 5.97 Å². The normalized spacial score (nSPS) is 43.8. The van der Waals surface area contributed by atoms with E-state index in [0.29, 0.717) is 30.6 Å². The van der Waals surface area contributed by atoms with Crippen LogP contribution in [0.2, 0.25) is 0 Å². The lowest BCUT2D eigenvalue weighted by atomic mass is 9.46. The lowest BCUT2D eigenvalue weighted by Gasteiger charge is -2.58. The zero-order valence-electron chi connectivity index (χ0n) is 18.3. The molecular weight excluding hydrogens is 400 g/mol. The summed E-state index contributed by atoms with van der Waals surface area (Å²) in [5, 5.41) is 20.1. The fraction of sp³-hybridized carbons (Fsp3) is 0.792. The molecule has 5 nitrogen and oxygen atoms in total. The minimum atomic E-state index is -1.35. The lowest BCUT2D eigenvalue weighted by molar-refractivity contribution is -0.159. The van der Waals surface area contributed by atoms with E-state index in [4.69, 9.17) is 5.11 Å². The molecule has 0 bridgehead atoms. The molecule has 3 fully saturated rings. The van der Waals surface area contributed by atoms with Gasteiger partial charge in [0.25, 0.3) is 0 Å². The summed E-state index contributed by atoms with van der Waals surface area (Å²) in [6.07, 6.45) is 8.59. The molecule has 7 atom stereocenters. The fourth-order valence-corrected chi connectivity index (χ4v) is 8.21. The third kappa shape index (κ3) is 3.12. The number of ketones is 2. The van der Waals surface area contributed by atoms with Gasteiger partial charge in [0.2, 0.25) is 0 Å². The largest absolute Gasteiger partial charge is 0.480 e. The molecular formula is C24H34O5S. The fourth-order valence-electron chi connectivity index (χ4n) is 7.42. The Morgan fingerprint density at radius 3 is 2.53 bits per heavy atom. The highest BCUT2D eigenvalue weighted by molar-refractivity contribution is 8.01. The van der Waals surface area contributed by atoms with Crippen molar-refractivity contribution in [3.05, 3.63) is 11.6 Å². The summed E-state index contributed by atoms with van der Waals surface area (Å²) in [6.45, 7) is 6.01.